The van der Waals surface area contributed by atoms with E-state index in [1.54, 1.807) is 0 Å². The molecule has 26 aromatic rings. The summed E-state index contributed by atoms with van der Waals surface area (Å²) in [7, 11) is 0. The van der Waals surface area contributed by atoms with Crippen molar-refractivity contribution in [3.05, 3.63) is 346 Å². The number of hydrogen-bond acceptors (Lipinski definition) is 4. The largest absolute Gasteiger partial charge is 0.309 e. The van der Waals surface area contributed by atoms with Crippen LogP contribution in [0.1, 0.15) is 0 Å². The molecular formula is C102H57N9. The minimum absolute atomic E-state index is 0.626. The van der Waals surface area contributed by atoms with Crippen LogP contribution in [0, 0.1) is 0 Å². The molecule has 0 aliphatic rings. The molecule has 9 aromatic heterocycles. The minimum Gasteiger partial charge on any atom is -0.309 e. The predicted molar refractivity (Wildman–Crippen MR) is 462 cm³/mol. The Hall–Kier alpha value is -15.1. The number of fused-ring (bicyclic) bond motifs is 29. The maximum atomic E-state index is 5.85. The average Bonchev–Trinajstić information content (AvgIpc) is 1.51. The van der Waals surface area contributed by atoms with E-state index in [9.17, 15) is 0 Å². The fraction of sp³-hybridized carbons (Fsp3) is 0. The maximum Gasteiger partial charge on any atom is 0.235 e. The van der Waals surface area contributed by atoms with Gasteiger partial charge in [0.25, 0.3) is 0 Å². The van der Waals surface area contributed by atoms with E-state index < -0.39 is 0 Å². The smallest absolute Gasteiger partial charge is 0.235 e. The summed E-state index contributed by atoms with van der Waals surface area (Å²) in [6.07, 6.45) is 0. The van der Waals surface area contributed by atoms with Gasteiger partial charge in [0.2, 0.25) is 5.95 Å². The van der Waals surface area contributed by atoms with E-state index in [4.69, 9.17) is 19.9 Å². The molecule has 510 valence electrons. The SMILES string of the molecule is c1ccc(-c2ccc(-c3nc(-n4c5ccc6ccccc6c5c5cc6c7cc(-c8ccc(-n9c%10ccccc%10c%10ccc(-c%11nc(-n%12c%13ccc%14ccccc%14c%13c%13cc%14c%15ccccc%15n%15c%16ccccc%16c(c%13%12)c%14%15)nc%12ccccc%11%12)cc%109)cc8)ccc7n7c8ccccc8c(c54)c67)c4ccccc4n3)cc2)cc1. The zero-order valence-corrected chi connectivity index (χ0v) is 59.4. The number of rotatable bonds is 7. The van der Waals surface area contributed by atoms with E-state index in [1.807, 2.05) is 0 Å². The molecule has 0 unspecified atom stereocenters. The standard InChI is InChI=1S/C102H57N9/c1-2-20-58(21-3-1)59-38-40-63(41-39-59)100-103-82-33-15-9-29-73(82)101(106-100)110-88-52-45-61-22-4-6-24-67(61)91(88)79-57-78-76-54-64(47-51-87(76)109-86-37-19-12-30-74(86)93(97(78)109)98(79)110)60-42-48-66(49-43-60)107-83-34-16-10-26-69(83)71-50-44-65(55-90(71)107)95-72-28-8-14-32-81(72)104-102(105-95)111-89-53-46-62-23-5-7-25-68(62)92(89)80-56-77-70-27-11-17-35-84(70)108-85-36-18-13-31-75(85)94(96(77)108)99(80)111/h1-57H. The molecular weight excluding hydrogens is 1350 g/mol. The lowest BCUT2D eigenvalue weighted by Gasteiger charge is -2.14. The highest BCUT2D eigenvalue weighted by Gasteiger charge is 2.30. The van der Waals surface area contributed by atoms with Gasteiger partial charge in [-0.25, -0.2) is 19.9 Å². The third-order valence-electron chi connectivity index (χ3n) is 24.3. The number of nitrogens with zero attached hydrogens (tertiary/aromatic N) is 9. The topological polar surface area (TPSA) is 75.2 Å². The van der Waals surface area contributed by atoms with Gasteiger partial charge in [-0.1, -0.05) is 249 Å². The van der Waals surface area contributed by atoms with Crippen molar-refractivity contribution in [1.82, 2.24) is 42.4 Å². The van der Waals surface area contributed by atoms with Crippen LogP contribution in [0.3, 0.4) is 0 Å². The number of benzene rings is 17. The molecule has 0 saturated heterocycles. The Morgan fingerprint density at radius 2 is 0.649 bits per heavy atom. The van der Waals surface area contributed by atoms with Crippen LogP contribution in [0.25, 0.3) is 247 Å². The Morgan fingerprint density at radius 3 is 1.32 bits per heavy atom. The van der Waals surface area contributed by atoms with Gasteiger partial charge in [0.05, 0.1) is 82.9 Å². The van der Waals surface area contributed by atoms with Gasteiger partial charge in [0, 0.05) is 103 Å². The van der Waals surface area contributed by atoms with Crippen LogP contribution in [0.15, 0.2) is 346 Å². The van der Waals surface area contributed by atoms with Crippen molar-refractivity contribution in [2.75, 3.05) is 0 Å². The Kier molecular flexibility index (Phi) is 11.6. The molecule has 0 bridgehead atoms. The van der Waals surface area contributed by atoms with Crippen LogP contribution in [-0.2, 0) is 0 Å². The lowest BCUT2D eigenvalue weighted by atomic mass is 9.98. The molecule has 0 spiro atoms. The van der Waals surface area contributed by atoms with Crippen LogP contribution in [0.4, 0.5) is 0 Å². The van der Waals surface area contributed by atoms with Gasteiger partial charge in [-0.05, 0) is 141 Å². The Bertz CT molecular complexity index is 8570. The molecule has 17 aromatic carbocycles. The molecule has 0 N–H and O–H groups in total. The van der Waals surface area contributed by atoms with E-state index in [-0.39, 0.29) is 0 Å². The fourth-order valence-electron chi connectivity index (χ4n) is 19.6. The van der Waals surface area contributed by atoms with E-state index in [2.05, 4.69) is 368 Å². The van der Waals surface area contributed by atoms with Gasteiger partial charge in [0.1, 0.15) is 5.82 Å². The Labute approximate surface area is 631 Å². The van der Waals surface area contributed by atoms with Crippen molar-refractivity contribution in [3.8, 4) is 62.4 Å². The first-order chi connectivity index (χ1) is 55.1. The summed E-state index contributed by atoms with van der Waals surface area (Å²) in [5.41, 5.74) is 24.0. The van der Waals surface area contributed by atoms with Crippen LogP contribution >= 0.6 is 0 Å². The van der Waals surface area contributed by atoms with Crippen molar-refractivity contribution in [2.45, 2.75) is 0 Å². The molecule has 0 aliphatic heterocycles. The van der Waals surface area contributed by atoms with Crippen LogP contribution in [-0.4, -0.2) is 42.4 Å². The monoisotopic (exact) mass is 1410 g/mol. The zero-order chi connectivity index (χ0) is 72.0. The first-order valence-corrected chi connectivity index (χ1v) is 38.0. The van der Waals surface area contributed by atoms with Gasteiger partial charge in [-0.15, -0.1) is 0 Å². The molecule has 111 heavy (non-hydrogen) atoms. The zero-order valence-electron chi connectivity index (χ0n) is 59.4. The lowest BCUT2D eigenvalue weighted by Crippen LogP contribution is -2.04. The summed E-state index contributed by atoms with van der Waals surface area (Å²) < 4.78 is 12.3. The normalized spacial score (nSPS) is 12.5. The number of aromatic nitrogens is 9. The van der Waals surface area contributed by atoms with Gasteiger partial charge >= 0.3 is 0 Å². The van der Waals surface area contributed by atoms with Crippen molar-refractivity contribution >= 4 is 185 Å². The first kappa shape index (κ1) is 59.1. The third-order valence-corrected chi connectivity index (χ3v) is 24.3. The molecule has 9 heterocycles. The fourth-order valence-corrected chi connectivity index (χ4v) is 19.6. The summed E-state index contributed by atoms with van der Waals surface area (Å²) >= 11 is 0. The second kappa shape index (κ2) is 21.8. The van der Waals surface area contributed by atoms with Gasteiger partial charge in [-0.3, -0.25) is 9.13 Å². The number of hydrogen-bond donors (Lipinski definition) is 0. The summed E-state index contributed by atoms with van der Waals surface area (Å²) in [5, 5.41) is 23.5. The molecule has 0 amide bonds. The van der Waals surface area contributed by atoms with Crippen molar-refractivity contribution in [3.63, 3.8) is 0 Å². The first-order valence-electron chi connectivity index (χ1n) is 38.0. The van der Waals surface area contributed by atoms with Crippen LogP contribution in [0.2, 0.25) is 0 Å². The second-order valence-corrected chi connectivity index (χ2v) is 29.9. The minimum atomic E-state index is 0.626. The van der Waals surface area contributed by atoms with E-state index in [0.29, 0.717) is 11.8 Å². The van der Waals surface area contributed by atoms with Crippen molar-refractivity contribution in [2.24, 2.45) is 0 Å². The van der Waals surface area contributed by atoms with Gasteiger partial charge < -0.3 is 13.4 Å². The third kappa shape index (κ3) is 7.96. The molecule has 9 nitrogen and oxygen atoms in total. The molecule has 9 heteroatoms. The highest BCUT2D eigenvalue weighted by Crippen LogP contribution is 2.52. The molecule has 26 rings (SSSR count). The Balaban J connectivity index is 0.644. The summed E-state index contributed by atoms with van der Waals surface area (Å²) in [6, 6.07) is 127. The van der Waals surface area contributed by atoms with E-state index in [0.717, 1.165) is 111 Å². The van der Waals surface area contributed by atoms with Gasteiger partial charge in [-0.2, -0.15) is 0 Å². The molecule has 0 saturated carbocycles. The summed E-state index contributed by atoms with van der Waals surface area (Å²) in [6.45, 7) is 0. The van der Waals surface area contributed by atoms with E-state index >= 15 is 0 Å². The van der Waals surface area contributed by atoms with Crippen molar-refractivity contribution < 1.29 is 0 Å². The van der Waals surface area contributed by atoms with Crippen molar-refractivity contribution in [1.29, 1.82) is 0 Å². The number of para-hydroxylation sites is 6. The quantitative estimate of drug-likeness (QED) is 0.159. The predicted octanol–water partition coefficient (Wildman–Crippen LogP) is 26.1. The highest BCUT2D eigenvalue weighted by molar-refractivity contribution is 6.38. The molecule has 0 fully saturated rings. The maximum absolute atomic E-state index is 5.85. The molecule has 0 atom stereocenters. The molecule has 0 radical (unpaired) electrons. The van der Waals surface area contributed by atoms with Crippen LogP contribution in [0.5, 0.6) is 0 Å². The summed E-state index contributed by atoms with van der Waals surface area (Å²) in [4.78, 5) is 22.4. The van der Waals surface area contributed by atoms with E-state index in [1.165, 1.54) is 125 Å². The van der Waals surface area contributed by atoms with Gasteiger partial charge in [0.15, 0.2) is 5.82 Å². The Morgan fingerprint density at radius 1 is 0.198 bits per heavy atom. The lowest BCUT2D eigenvalue weighted by molar-refractivity contribution is 1.02. The second-order valence-electron chi connectivity index (χ2n) is 29.9. The molecule has 0 aliphatic carbocycles. The average molecular weight is 1410 g/mol. The van der Waals surface area contributed by atoms with Crippen LogP contribution < -0.4 is 0 Å². The summed E-state index contributed by atoms with van der Waals surface area (Å²) in [5.74, 6) is 2.15. The highest BCUT2D eigenvalue weighted by atomic mass is 15.2.